The fraction of sp³-hybridized carbons (Fsp3) is 0.438. The van der Waals surface area contributed by atoms with Crippen LogP contribution in [0.5, 0.6) is 0 Å². The van der Waals surface area contributed by atoms with Gasteiger partial charge in [-0.05, 0) is 31.0 Å². The molecule has 106 valence electrons. The monoisotopic (exact) mass is 288 g/mol. The maximum Gasteiger partial charge on any atom is 0.186 e. The number of likely N-dealkylation sites (N-methyl/N-ethyl adjacent to an activating group) is 1. The van der Waals surface area contributed by atoms with Gasteiger partial charge in [-0.2, -0.15) is 0 Å². The molecule has 0 amide bonds. The molecule has 0 atom stereocenters. The van der Waals surface area contributed by atoms with Gasteiger partial charge in [-0.15, -0.1) is 11.3 Å². The van der Waals surface area contributed by atoms with Crippen molar-refractivity contribution >= 4 is 16.5 Å². The van der Waals surface area contributed by atoms with Crippen LogP contribution in [0.25, 0.3) is 11.3 Å². The van der Waals surface area contributed by atoms with Crippen LogP contribution in [0.15, 0.2) is 23.6 Å². The van der Waals surface area contributed by atoms with Crippen LogP contribution in [0.4, 0.5) is 5.13 Å². The minimum absolute atomic E-state index is 1.11. The van der Waals surface area contributed by atoms with Crippen LogP contribution in [-0.2, 0) is 0 Å². The molecule has 3 rings (SSSR count). The van der Waals surface area contributed by atoms with Crippen LogP contribution in [0.3, 0.4) is 0 Å². The minimum atomic E-state index is 1.11. The fourth-order valence-electron chi connectivity index (χ4n) is 2.52. The number of anilines is 1. The first-order valence-electron chi connectivity index (χ1n) is 7.23. The molecule has 0 aliphatic carbocycles. The maximum atomic E-state index is 4.84. The molecule has 4 heteroatoms. The van der Waals surface area contributed by atoms with Gasteiger partial charge in [-0.1, -0.05) is 12.1 Å². The molecular weight excluding hydrogens is 266 g/mol. The Kier molecular flexibility index (Phi) is 3.76. The summed E-state index contributed by atoms with van der Waals surface area (Å²) < 4.78 is 0. The lowest BCUT2D eigenvalue weighted by atomic mass is 10.1. The van der Waals surface area contributed by atoms with Crippen LogP contribution < -0.4 is 9.80 Å². The number of hydrogen-bond acceptors (Lipinski definition) is 3. The quantitative estimate of drug-likeness (QED) is 0.909. The lowest BCUT2D eigenvalue weighted by Crippen LogP contribution is -3.12. The van der Waals surface area contributed by atoms with Crippen LogP contribution in [0, 0.1) is 13.8 Å². The van der Waals surface area contributed by atoms with Crippen molar-refractivity contribution < 1.29 is 4.90 Å². The highest BCUT2D eigenvalue weighted by atomic mass is 32.1. The normalized spacial score (nSPS) is 16.6. The molecule has 0 spiro atoms. The van der Waals surface area contributed by atoms with E-state index < -0.39 is 0 Å². The molecule has 0 unspecified atom stereocenters. The van der Waals surface area contributed by atoms with Gasteiger partial charge in [0.05, 0.1) is 38.9 Å². The Hall–Kier alpha value is -1.39. The number of aromatic nitrogens is 1. The van der Waals surface area contributed by atoms with Crippen molar-refractivity contribution in [2.45, 2.75) is 13.8 Å². The Morgan fingerprint density at radius 3 is 2.60 bits per heavy atom. The molecule has 1 fully saturated rings. The highest BCUT2D eigenvalue weighted by Crippen LogP contribution is 2.28. The van der Waals surface area contributed by atoms with Crippen molar-refractivity contribution in [2.75, 3.05) is 38.1 Å². The average Bonchev–Trinajstić information content (AvgIpc) is 2.92. The molecule has 3 nitrogen and oxygen atoms in total. The van der Waals surface area contributed by atoms with Gasteiger partial charge >= 0.3 is 0 Å². The van der Waals surface area contributed by atoms with Gasteiger partial charge in [-0.3, -0.25) is 0 Å². The zero-order valence-corrected chi connectivity index (χ0v) is 13.3. The molecule has 20 heavy (non-hydrogen) atoms. The molecule has 1 aliphatic heterocycles. The summed E-state index contributed by atoms with van der Waals surface area (Å²) in [6.45, 7) is 8.96. The van der Waals surface area contributed by atoms with E-state index in [1.165, 1.54) is 34.9 Å². The van der Waals surface area contributed by atoms with E-state index in [0.717, 1.165) is 18.8 Å². The van der Waals surface area contributed by atoms with E-state index in [4.69, 9.17) is 4.98 Å². The molecule has 1 aliphatic rings. The number of thiazole rings is 1. The van der Waals surface area contributed by atoms with Crippen LogP contribution in [-0.4, -0.2) is 38.2 Å². The van der Waals surface area contributed by atoms with Gasteiger partial charge in [0.1, 0.15) is 0 Å². The number of aryl methyl sites for hydroxylation is 2. The smallest absolute Gasteiger partial charge is 0.186 e. The summed E-state index contributed by atoms with van der Waals surface area (Å²) in [4.78, 5) is 8.87. The molecule has 2 heterocycles. The van der Waals surface area contributed by atoms with Gasteiger partial charge in [0.2, 0.25) is 0 Å². The second-order valence-corrected chi connectivity index (χ2v) is 6.60. The highest BCUT2D eigenvalue weighted by molar-refractivity contribution is 7.14. The van der Waals surface area contributed by atoms with Gasteiger partial charge in [-0.25, -0.2) is 4.98 Å². The predicted molar refractivity (Wildman–Crippen MR) is 85.9 cm³/mol. The Balaban J connectivity index is 1.81. The van der Waals surface area contributed by atoms with Crippen molar-refractivity contribution in [2.24, 2.45) is 0 Å². The zero-order valence-electron chi connectivity index (χ0n) is 12.4. The van der Waals surface area contributed by atoms with Gasteiger partial charge in [0.15, 0.2) is 5.13 Å². The summed E-state index contributed by atoms with van der Waals surface area (Å²) >= 11 is 1.77. The summed E-state index contributed by atoms with van der Waals surface area (Å²) in [6.07, 6.45) is 0. The van der Waals surface area contributed by atoms with E-state index in [2.05, 4.69) is 49.4 Å². The lowest BCUT2D eigenvalue weighted by molar-refractivity contribution is -0.880. The maximum absolute atomic E-state index is 4.84. The molecule has 0 radical (unpaired) electrons. The summed E-state index contributed by atoms with van der Waals surface area (Å²) in [7, 11) is 2.26. The van der Waals surface area contributed by atoms with E-state index in [1.807, 2.05) is 0 Å². The van der Waals surface area contributed by atoms with Gasteiger partial charge < -0.3 is 9.80 Å². The Morgan fingerprint density at radius 2 is 1.90 bits per heavy atom. The first-order valence-corrected chi connectivity index (χ1v) is 8.11. The number of rotatable bonds is 2. The second kappa shape index (κ2) is 5.54. The number of hydrogen-bond donors (Lipinski definition) is 1. The molecular formula is C16H22N3S+. The third-order valence-electron chi connectivity index (χ3n) is 4.18. The summed E-state index contributed by atoms with van der Waals surface area (Å²) in [6, 6.07) is 6.60. The first-order chi connectivity index (χ1) is 9.63. The molecule has 0 saturated carbocycles. The molecule has 1 saturated heterocycles. The fourth-order valence-corrected chi connectivity index (χ4v) is 3.41. The van der Waals surface area contributed by atoms with E-state index in [1.54, 1.807) is 16.2 Å². The molecule has 1 aromatic heterocycles. The Labute approximate surface area is 124 Å². The summed E-state index contributed by atoms with van der Waals surface area (Å²) in [5, 5.41) is 3.36. The SMILES string of the molecule is Cc1ccc(-c2csc(N3CC[NH+](C)CC3)n2)cc1C. The molecule has 0 bridgehead atoms. The van der Waals surface area contributed by atoms with Crippen molar-refractivity contribution in [1.82, 2.24) is 4.98 Å². The lowest BCUT2D eigenvalue weighted by Gasteiger charge is -2.29. The second-order valence-electron chi connectivity index (χ2n) is 5.76. The van der Waals surface area contributed by atoms with Gasteiger partial charge in [0, 0.05) is 10.9 Å². The standard InChI is InChI=1S/C16H21N3S/c1-12-4-5-14(10-13(12)2)15-11-20-16(17-15)19-8-6-18(3)7-9-19/h4-5,10-11H,6-9H2,1-3H3/p+1. The average molecular weight is 288 g/mol. The summed E-state index contributed by atoms with van der Waals surface area (Å²) in [5.41, 5.74) is 5.02. The third-order valence-corrected chi connectivity index (χ3v) is 5.08. The number of benzene rings is 1. The topological polar surface area (TPSA) is 20.6 Å². The molecule has 1 N–H and O–H groups in total. The van der Waals surface area contributed by atoms with E-state index in [0.29, 0.717) is 0 Å². The van der Waals surface area contributed by atoms with Crippen molar-refractivity contribution in [1.29, 1.82) is 0 Å². The highest BCUT2D eigenvalue weighted by Gasteiger charge is 2.19. The predicted octanol–water partition coefficient (Wildman–Crippen LogP) is 1.76. The number of nitrogens with zero attached hydrogens (tertiary/aromatic N) is 2. The van der Waals surface area contributed by atoms with Gasteiger partial charge in [0.25, 0.3) is 0 Å². The largest absolute Gasteiger partial charge is 0.337 e. The van der Waals surface area contributed by atoms with E-state index >= 15 is 0 Å². The van der Waals surface area contributed by atoms with Crippen molar-refractivity contribution in [3.8, 4) is 11.3 Å². The number of quaternary nitrogens is 1. The molecule has 1 aromatic carbocycles. The van der Waals surface area contributed by atoms with Crippen LogP contribution >= 0.6 is 11.3 Å². The Bertz CT molecular complexity index is 598. The summed E-state index contributed by atoms with van der Waals surface area (Å²) in [5.74, 6) is 0. The Morgan fingerprint density at radius 1 is 1.15 bits per heavy atom. The number of piperazine rings is 1. The van der Waals surface area contributed by atoms with E-state index in [-0.39, 0.29) is 0 Å². The molecule has 2 aromatic rings. The zero-order chi connectivity index (χ0) is 14.1. The first kappa shape index (κ1) is 13.6. The van der Waals surface area contributed by atoms with Crippen LogP contribution in [0.2, 0.25) is 0 Å². The minimum Gasteiger partial charge on any atom is -0.337 e. The van der Waals surface area contributed by atoms with Crippen LogP contribution in [0.1, 0.15) is 11.1 Å². The van der Waals surface area contributed by atoms with Crippen molar-refractivity contribution in [3.63, 3.8) is 0 Å². The number of nitrogens with one attached hydrogen (secondary N) is 1. The van der Waals surface area contributed by atoms with E-state index in [9.17, 15) is 0 Å². The third kappa shape index (κ3) is 2.72. The van der Waals surface area contributed by atoms with Crippen molar-refractivity contribution in [3.05, 3.63) is 34.7 Å².